The summed E-state index contributed by atoms with van der Waals surface area (Å²) in [5.74, 6) is -0.749. The van der Waals surface area contributed by atoms with Crippen LogP contribution in [0.4, 0.5) is 0 Å². The highest BCUT2D eigenvalue weighted by atomic mass is 16.2. The quantitative estimate of drug-likeness (QED) is 0.629. The van der Waals surface area contributed by atoms with Gasteiger partial charge in [0.25, 0.3) is 0 Å². The molecule has 0 aromatic rings. The van der Waals surface area contributed by atoms with Crippen molar-refractivity contribution in [2.45, 2.75) is 32.7 Å². The first-order chi connectivity index (χ1) is 7.08. The summed E-state index contributed by atoms with van der Waals surface area (Å²) in [6.07, 6.45) is 2.09. The van der Waals surface area contributed by atoms with Crippen molar-refractivity contribution in [2.75, 3.05) is 0 Å². The van der Waals surface area contributed by atoms with E-state index in [1.807, 2.05) is 13.8 Å². The average Bonchev–Trinajstić information content (AvgIpc) is 2.85. The summed E-state index contributed by atoms with van der Waals surface area (Å²) in [4.78, 5) is 27.4. The average molecular weight is 209 g/mol. The lowest BCUT2D eigenvalue weighted by Crippen LogP contribution is -2.58. The minimum Gasteiger partial charge on any atom is -0.296 e. The van der Waals surface area contributed by atoms with Gasteiger partial charge in [-0.1, -0.05) is 13.8 Å². The van der Waals surface area contributed by atoms with Crippen LogP contribution in [0.5, 0.6) is 0 Å². The normalized spacial score (nSPS) is 26.3. The van der Waals surface area contributed by atoms with E-state index < -0.39 is 5.92 Å². The third kappa shape index (κ3) is 2.16. The van der Waals surface area contributed by atoms with Crippen LogP contribution >= 0.6 is 0 Å². The van der Waals surface area contributed by atoms with Crippen molar-refractivity contribution in [3.63, 3.8) is 0 Å². The molecule has 1 aliphatic heterocycles. The van der Waals surface area contributed by atoms with Gasteiger partial charge in [-0.15, -0.1) is 0 Å². The predicted octanol–water partition coefficient (Wildman–Crippen LogP) is 0.0230. The Morgan fingerprint density at radius 2 is 1.73 bits per heavy atom. The topological polar surface area (TPSA) is 70.6 Å². The fourth-order valence-corrected chi connectivity index (χ4v) is 1.60. The van der Waals surface area contributed by atoms with Gasteiger partial charge in [-0.25, -0.2) is 4.99 Å². The van der Waals surface area contributed by atoms with Crippen LogP contribution in [0.25, 0.3) is 0 Å². The molecule has 0 atom stereocenters. The molecular formula is C10H15N3O2. The molecule has 2 amide bonds. The Labute approximate surface area is 88.3 Å². The first kappa shape index (κ1) is 10.1. The molecular weight excluding hydrogens is 194 g/mol. The van der Waals surface area contributed by atoms with Crippen LogP contribution in [0.2, 0.25) is 0 Å². The van der Waals surface area contributed by atoms with Crippen molar-refractivity contribution in [3.05, 3.63) is 0 Å². The molecule has 0 bridgehead atoms. The molecule has 0 spiro atoms. The minimum absolute atomic E-state index is 0.00692. The Morgan fingerprint density at radius 3 is 2.13 bits per heavy atom. The zero-order chi connectivity index (χ0) is 11.0. The van der Waals surface area contributed by atoms with Gasteiger partial charge in [0.2, 0.25) is 17.8 Å². The maximum absolute atomic E-state index is 11.6. The van der Waals surface area contributed by atoms with Crippen molar-refractivity contribution in [2.24, 2.45) is 16.8 Å². The van der Waals surface area contributed by atoms with Crippen molar-refractivity contribution in [1.29, 1.82) is 0 Å². The third-order valence-electron chi connectivity index (χ3n) is 2.57. The highest BCUT2D eigenvalue weighted by Gasteiger charge is 2.36. The Bertz CT molecular complexity index is 312. The summed E-state index contributed by atoms with van der Waals surface area (Å²) in [5.41, 5.74) is 0. The lowest BCUT2D eigenvalue weighted by Gasteiger charge is -2.25. The van der Waals surface area contributed by atoms with Gasteiger partial charge in [0, 0.05) is 0 Å². The molecule has 0 unspecified atom stereocenters. The molecule has 0 aromatic carbocycles. The Balaban J connectivity index is 2.08. The fourth-order valence-electron chi connectivity index (χ4n) is 1.60. The van der Waals surface area contributed by atoms with Crippen molar-refractivity contribution in [1.82, 2.24) is 10.6 Å². The van der Waals surface area contributed by atoms with Crippen LogP contribution in [0.15, 0.2) is 4.99 Å². The summed E-state index contributed by atoms with van der Waals surface area (Å²) in [7, 11) is 0. The summed E-state index contributed by atoms with van der Waals surface area (Å²) in [6.45, 7) is 3.71. The number of nitrogens with one attached hydrogen (secondary N) is 2. The van der Waals surface area contributed by atoms with Crippen molar-refractivity contribution in [3.8, 4) is 0 Å². The second kappa shape index (κ2) is 3.64. The van der Waals surface area contributed by atoms with E-state index in [1.54, 1.807) is 0 Å². The summed E-state index contributed by atoms with van der Waals surface area (Å²) >= 11 is 0. The van der Waals surface area contributed by atoms with E-state index in [4.69, 9.17) is 0 Å². The maximum atomic E-state index is 11.6. The van der Waals surface area contributed by atoms with Crippen LogP contribution in [0.1, 0.15) is 26.7 Å². The van der Waals surface area contributed by atoms with Gasteiger partial charge >= 0.3 is 0 Å². The Kier molecular flexibility index (Phi) is 2.46. The molecule has 0 radical (unpaired) electrons. The van der Waals surface area contributed by atoms with Gasteiger partial charge in [-0.2, -0.15) is 0 Å². The molecule has 15 heavy (non-hydrogen) atoms. The number of guanidine groups is 1. The molecule has 0 aromatic heterocycles. The summed E-state index contributed by atoms with van der Waals surface area (Å²) in [5, 5.41) is 5.26. The van der Waals surface area contributed by atoms with Gasteiger partial charge in [-0.05, 0) is 18.8 Å². The molecule has 2 rings (SSSR count). The van der Waals surface area contributed by atoms with E-state index in [0.717, 1.165) is 12.8 Å². The van der Waals surface area contributed by atoms with Gasteiger partial charge in [-0.3, -0.25) is 20.2 Å². The molecule has 5 nitrogen and oxygen atoms in total. The molecule has 1 aliphatic carbocycles. The number of amides is 2. The molecule has 2 N–H and O–H groups in total. The predicted molar refractivity (Wildman–Crippen MR) is 55.1 cm³/mol. The Hall–Kier alpha value is -1.39. The molecule has 5 heteroatoms. The van der Waals surface area contributed by atoms with E-state index in [9.17, 15) is 9.59 Å². The van der Waals surface area contributed by atoms with Gasteiger partial charge in [0.1, 0.15) is 5.92 Å². The zero-order valence-electron chi connectivity index (χ0n) is 8.91. The Morgan fingerprint density at radius 1 is 1.20 bits per heavy atom. The first-order valence-corrected chi connectivity index (χ1v) is 5.27. The van der Waals surface area contributed by atoms with Crippen LogP contribution in [0, 0.1) is 11.8 Å². The van der Waals surface area contributed by atoms with Gasteiger partial charge < -0.3 is 0 Å². The molecule has 1 heterocycles. The molecule has 82 valence electrons. The number of carbonyl (C=O) groups is 2. The standard InChI is InChI=1S/C10H15N3O2/c1-5(2)7-8(14)12-10(13-9(7)15)11-6-3-4-6/h5-7H,3-4H2,1-2H3,(H2,11,12,13,14,15). The highest BCUT2D eigenvalue weighted by molar-refractivity contribution is 6.17. The lowest BCUT2D eigenvalue weighted by molar-refractivity contribution is -0.137. The van der Waals surface area contributed by atoms with E-state index in [2.05, 4.69) is 15.6 Å². The molecule has 1 saturated carbocycles. The second-order valence-corrected chi connectivity index (χ2v) is 4.41. The monoisotopic (exact) mass is 209 g/mol. The van der Waals surface area contributed by atoms with Crippen LogP contribution < -0.4 is 10.6 Å². The third-order valence-corrected chi connectivity index (χ3v) is 2.57. The van der Waals surface area contributed by atoms with Gasteiger partial charge in [0.15, 0.2) is 0 Å². The number of aliphatic imine (C=N–C) groups is 1. The van der Waals surface area contributed by atoms with Crippen molar-refractivity contribution >= 4 is 17.8 Å². The zero-order valence-corrected chi connectivity index (χ0v) is 8.91. The van der Waals surface area contributed by atoms with Crippen molar-refractivity contribution < 1.29 is 9.59 Å². The van der Waals surface area contributed by atoms with E-state index in [1.165, 1.54) is 0 Å². The summed E-state index contributed by atoms with van der Waals surface area (Å²) < 4.78 is 0. The number of hydrogen-bond acceptors (Lipinski definition) is 3. The maximum Gasteiger partial charge on any atom is 0.239 e. The number of rotatable bonds is 2. The van der Waals surface area contributed by atoms with Crippen LogP contribution in [-0.4, -0.2) is 23.8 Å². The fraction of sp³-hybridized carbons (Fsp3) is 0.700. The lowest BCUT2D eigenvalue weighted by atomic mass is 9.93. The second-order valence-electron chi connectivity index (χ2n) is 4.41. The summed E-state index contributed by atoms with van der Waals surface area (Å²) in [6, 6.07) is 0.288. The highest BCUT2D eigenvalue weighted by Crippen LogP contribution is 2.23. The molecule has 2 fully saturated rings. The smallest absolute Gasteiger partial charge is 0.239 e. The largest absolute Gasteiger partial charge is 0.296 e. The van der Waals surface area contributed by atoms with E-state index in [-0.39, 0.29) is 23.8 Å². The van der Waals surface area contributed by atoms with E-state index >= 15 is 0 Å². The first-order valence-electron chi connectivity index (χ1n) is 5.27. The SMILES string of the molecule is CC(C)C1C(=O)NC(=NC2CC2)NC1=O. The number of carbonyl (C=O) groups excluding carboxylic acids is 2. The molecule has 2 aliphatic rings. The number of nitrogens with zero attached hydrogens (tertiary/aromatic N) is 1. The van der Waals surface area contributed by atoms with Crippen LogP contribution in [0.3, 0.4) is 0 Å². The number of hydrogen-bond donors (Lipinski definition) is 2. The minimum atomic E-state index is -0.594. The van der Waals surface area contributed by atoms with E-state index in [0.29, 0.717) is 5.96 Å². The van der Waals surface area contributed by atoms with Crippen LogP contribution in [-0.2, 0) is 9.59 Å². The van der Waals surface area contributed by atoms with Gasteiger partial charge in [0.05, 0.1) is 6.04 Å². The molecule has 1 saturated heterocycles.